The maximum atomic E-state index is 5.65. The molecule has 6 aromatic carbocycles. The number of rotatable bonds is 6. The molecule has 1 aliphatic carbocycles. The van der Waals surface area contributed by atoms with Gasteiger partial charge in [0.2, 0.25) is 0 Å². The molecule has 2 atom stereocenters. The fourth-order valence-electron chi connectivity index (χ4n) is 5.55. The van der Waals surface area contributed by atoms with Crippen molar-refractivity contribution in [2.45, 2.75) is 37.8 Å². The van der Waals surface area contributed by atoms with E-state index >= 15 is 0 Å². The average Bonchev–Trinajstić information content (AvgIpc) is 3.13. The van der Waals surface area contributed by atoms with Gasteiger partial charge in [-0.15, -0.1) is 0 Å². The van der Waals surface area contributed by atoms with E-state index in [0.29, 0.717) is 0 Å². The zero-order chi connectivity index (χ0) is 31.8. The first-order valence-electron chi connectivity index (χ1n) is 16.1. The van der Waals surface area contributed by atoms with Crippen LogP contribution in [0.15, 0.2) is 182 Å². The Morgan fingerprint density at radius 2 is 0.489 bits per heavy atom. The molecule has 0 heterocycles. The molecule has 0 aromatic heterocycles. The van der Waals surface area contributed by atoms with Crippen LogP contribution in [0.2, 0.25) is 0 Å². The van der Waals surface area contributed by atoms with Crippen LogP contribution in [0, 0.1) is 0 Å². The zero-order valence-corrected chi connectivity index (χ0v) is 30.2. The summed E-state index contributed by atoms with van der Waals surface area (Å²) in [5.41, 5.74) is 11.3. The second-order valence-electron chi connectivity index (χ2n) is 11.3. The third-order valence-corrected chi connectivity index (χ3v) is 12.8. The summed E-state index contributed by atoms with van der Waals surface area (Å²) in [4.78, 5) is 0. The van der Waals surface area contributed by atoms with Gasteiger partial charge in [0.25, 0.3) is 0 Å². The Bertz CT molecular complexity index is 1340. The SMILES string of the molecule is N[C@@H]1CCCC[C@H]1N.[Ru].c1ccc(P(c2ccccc2)c2ccccc2)cc1.c1ccc(P(c2ccccc2)c2ccccc2)cc1. The Morgan fingerprint density at radius 3 is 0.638 bits per heavy atom. The summed E-state index contributed by atoms with van der Waals surface area (Å²) in [7, 11) is -0.892. The van der Waals surface area contributed by atoms with Gasteiger partial charge in [-0.05, 0) is 60.5 Å². The molecule has 0 bridgehead atoms. The molecular weight excluding hydrogens is 695 g/mol. The van der Waals surface area contributed by atoms with Crippen LogP contribution in [0.3, 0.4) is 0 Å². The molecule has 0 aliphatic heterocycles. The molecule has 0 saturated heterocycles. The molecule has 7 rings (SSSR count). The summed E-state index contributed by atoms with van der Waals surface area (Å²) in [6.45, 7) is 0. The normalized spacial score (nSPS) is 15.3. The van der Waals surface area contributed by atoms with Crippen molar-refractivity contribution in [1.29, 1.82) is 0 Å². The molecule has 2 nitrogen and oxygen atoms in total. The van der Waals surface area contributed by atoms with Crippen LogP contribution < -0.4 is 43.3 Å². The van der Waals surface area contributed by atoms with E-state index in [1.165, 1.54) is 44.7 Å². The van der Waals surface area contributed by atoms with Crippen molar-refractivity contribution in [3.05, 3.63) is 182 Å². The molecule has 1 saturated carbocycles. The summed E-state index contributed by atoms with van der Waals surface area (Å²) < 4.78 is 0. The smallest absolute Gasteiger partial charge is 0.0192 e. The van der Waals surface area contributed by atoms with Gasteiger partial charge >= 0.3 is 0 Å². The molecule has 0 radical (unpaired) electrons. The molecule has 240 valence electrons. The summed E-state index contributed by atoms with van der Waals surface area (Å²) in [6.07, 6.45) is 4.80. The average molecular weight is 740 g/mol. The fourth-order valence-corrected chi connectivity index (χ4v) is 10.2. The van der Waals surface area contributed by atoms with E-state index in [-0.39, 0.29) is 31.6 Å². The second kappa shape index (κ2) is 20.2. The first kappa shape index (κ1) is 36.6. The predicted molar refractivity (Wildman–Crippen MR) is 205 cm³/mol. The van der Waals surface area contributed by atoms with E-state index in [9.17, 15) is 0 Å². The Hall–Kier alpha value is -3.28. The molecule has 0 amide bonds. The van der Waals surface area contributed by atoms with Crippen molar-refractivity contribution in [2.24, 2.45) is 11.5 Å². The van der Waals surface area contributed by atoms with Crippen LogP contribution in [-0.4, -0.2) is 12.1 Å². The first-order chi connectivity index (χ1) is 22.7. The van der Waals surface area contributed by atoms with E-state index in [1.54, 1.807) is 0 Å². The van der Waals surface area contributed by atoms with Crippen molar-refractivity contribution in [3.8, 4) is 0 Å². The minimum absolute atomic E-state index is 0. The molecule has 6 aromatic rings. The third-order valence-electron chi connectivity index (χ3n) is 7.96. The van der Waals surface area contributed by atoms with Crippen LogP contribution >= 0.6 is 15.8 Å². The quantitative estimate of drug-likeness (QED) is 0.142. The Kier molecular flexibility index (Phi) is 15.7. The van der Waals surface area contributed by atoms with Gasteiger partial charge in [-0.3, -0.25) is 0 Å². The van der Waals surface area contributed by atoms with Crippen LogP contribution in [0.5, 0.6) is 0 Å². The molecule has 0 unspecified atom stereocenters. The van der Waals surface area contributed by atoms with Crippen molar-refractivity contribution >= 4 is 47.7 Å². The standard InChI is InChI=1S/2C18H15P.C6H14N2.Ru/c2*1-4-10-16(11-5-1)19(17-12-6-2-7-13-17)18-14-8-3-9-15-18;7-5-3-1-2-4-6(5)8;/h2*1-15H;5-6H,1-4,7-8H2;/t;;5-,6-;/m..1./s1. The molecule has 4 N–H and O–H groups in total. The van der Waals surface area contributed by atoms with Gasteiger partial charge in [0, 0.05) is 31.6 Å². The largest absolute Gasteiger partial charge is 0.326 e. The minimum Gasteiger partial charge on any atom is -0.326 e. The van der Waals surface area contributed by atoms with Gasteiger partial charge in [0.1, 0.15) is 0 Å². The predicted octanol–water partition coefficient (Wildman–Crippen LogP) is 7.10. The van der Waals surface area contributed by atoms with Gasteiger partial charge in [0.15, 0.2) is 0 Å². The van der Waals surface area contributed by atoms with E-state index in [2.05, 4.69) is 182 Å². The van der Waals surface area contributed by atoms with Gasteiger partial charge < -0.3 is 11.5 Å². The van der Waals surface area contributed by atoms with E-state index < -0.39 is 15.8 Å². The molecule has 1 fully saturated rings. The first-order valence-corrected chi connectivity index (χ1v) is 18.8. The number of hydrogen-bond acceptors (Lipinski definition) is 2. The number of nitrogens with two attached hydrogens (primary N) is 2. The van der Waals surface area contributed by atoms with Gasteiger partial charge in [-0.25, -0.2) is 0 Å². The maximum absolute atomic E-state index is 5.65. The Balaban J connectivity index is 0.000000171. The van der Waals surface area contributed by atoms with Gasteiger partial charge in [0.05, 0.1) is 0 Å². The van der Waals surface area contributed by atoms with Gasteiger partial charge in [-0.1, -0.05) is 195 Å². The van der Waals surface area contributed by atoms with Crippen LogP contribution in [0.25, 0.3) is 0 Å². The van der Waals surface area contributed by atoms with Crippen LogP contribution in [0.4, 0.5) is 0 Å². The second-order valence-corrected chi connectivity index (χ2v) is 15.7. The minimum atomic E-state index is -0.446. The summed E-state index contributed by atoms with van der Waals surface area (Å²) in [6, 6.07) is 65.2. The summed E-state index contributed by atoms with van der Waals surface area (Å²) >= 11 is 0. The van der Waals surface area contributed by atoms with Crippen molar-refractivity contribution in [2.75, 3.05) is 0 Å². The number of hydrogen-bond donors (Lipinski definition) is 2. The van der Waals surface area contributed by atoms with E-state index in [4.69, 9.17) is 11.5 Å². The summed E-state index contributed by atoms with van der Waals surface area (Å²) in [5, 5.41) is 8.39. The van der Waals surface area contributed by atoms with Crippen molar-refractivity contribution in [1.82, 2.24) is 0 Å². The van der Waals surface area contributed by atoms with Crippen molar-refractivity contribution < 1.29 is 19.5 Å². The molecular formula is C42H44N2P2Ru. The summed E-state index contributed by atoms with van der Waals surface area (Å²) in [5.74, 6) is 0. The monoisotopic (exact) mass is 740 g/mol. The molecule has 5 heteroatoms. The van der Waals surface area contributed by atoms with E-state index in [0.717, 1.165) is 12.8 Å². The topological polar surface area (TPSA) is 52.0 Å². The fraction of sp³-hybridized carbons (Fsp3) is 0.143. The Morgan fingerprint density at radius 1 is 0.319 bits per heavy atom. The molecule has 47 heavy (non-hydrogen) atoms. The number of benzene rings is 6. The van der Waals surface area contributed by atoms with Crippen LogP contribution in [-0.2, 0) is 19.5 Å². The maximum Gasteiger partial charge on any atom is 0.0192 e. The zero-order valence-electron chi connectivity index (χ0n) is 26.7. The molecule has 1 aliphatic rings. The third kappa shape index (κ3) is 11.1. The van der Waals surface area contributed by atoms with E-state index in [1.807, 2.05) is 0 Å². The van der Waals surface area contributed by atoms with Crippen LogP contribution in [0.1, 0.15) is 25.7 Å². The molecule has 0 spiro atoms. The Labute approximate surface area is 296 Å². The van der Waals surface area contributed by atoms with Crippen molar-refractivity contribution in [3.63, 3.8) is 0 Å². The van der Waals surface area contributed by atoms with Gasteiger partial charge in [-0.2, -0.15) is 0 Å².